The van der Waals surface area contributed by atoms with Crippen molar-refractivity contribution in [1.29, 1.82) is 0 Å². The van der Waals surface area contributed by atoms with E-state index in [-0.39, 0.29) is 23.0 Å². The third-order valence-corrected chi connectivity index (χ3v) is 9.33. The van der Waals surface area contributed by atoms with Crippen molar-refractivity contribution in [3.8, 4) is 17.6 Å². The molecule has 5 rings (SSSR count). The van der Waals surface area contributed by atoms with E-state index in [1.54, 1.807) is 41.3 Å². The smallest absolute Gasteiger partial charge is 0.410 e. The van der Waals surface area contributed by atoms with Crippen molar-refractivity contribution in [3.05, 3.63) is 83.4 Å². The van der Waals surface area contributed by atoms with Gasteiger partial charge in [-0.05, 0) is 73.0 Å². The van der Waals surface area contributed by atoms with Crippen molar-refractivity contribution < 1.29 is 37.0 Å². The van der Waals surface area contributed by atoms with Crippen LogP contribution in [0.4, 0.5) is 16.2 Å². The lowest BCUT2D eigenvalue weighted by Crippen LogP contribution is -2.35. The van der Waals surface area contributed by atoms with Gasteiger partial charge in [-0.15, -0.1) is 0 Å². The van der Waals surface area contributed by atoms with Crippen LogP contribution in [-0.2, 0) is 35.6 Å². The first kappa shape index (κ1) is 35.7. The zero-order valence-electron chi connectivity index (χ0n) is 28.1. The molecule has 3 aromatic carbocycles. The number of fused-ring (bicyclic) bond motifs is 1. The van der Waals surface area contributed by atoms with E-state index >= 15 is 0 Å². The summed E-state index contributed by atoms with van der Waals surface area (Å²) in [6.45, 7) is 7.93. The van der Waals surface area contributed by atoms with E-state index in [4.69, 9.17) is 18.9 Å². The molecule has 0 spiro atoms. The minimum absolute atomic E-state index is 0.104. The largest absolute Gasteiger partial charge is 0.463 e. The fraction of sp³-hybridized carbons (Fsp3) is 0.405. The lowest BCUT2D eigenvalue weighted by Gasteiger charge is -2.32. The standard InChI is InChI=1S/C37H43N3O8S/c1-27(41)38-31-15-17-32(18-16-31)39-49(43,44)33-13-10-12-28(23-33)11-6-9-22-45-21-8-5-4-7-20-40-25-35(47-36(40)42)29-14-19-34-30(24-29)26-46-37(2,3)48-34/h10,12-19,23-24,35,39H,4-5,7-9,20-22,25-26H2,1-3H3,(H,38,41)/t35-/m0/s1. The molecule has 0 aliphatic carbocycles. The summed E-state index contributed by atoms with van der Waals surface area (Å²) in [5.74, 6) is 6.00. The van der Waals surface area contributed by atoms with Crippen molar-refractivity contribution in [2.45, 2.75) is 76.3 Å². The molecule has 1 fully saturated rings. The van der Waals surface area contributed by atoms with Gasteiger partial charge in [-0.1, -0.05) is 36.8 Å². The van der Waals surface area contributed by atoms with Crippen LogP contribution >= 0.6 is 0 Å². The summed E-state index contributed by atoms with van der Waals surface area (Å²) in [5.41, 5.74) is 3.45. The Morgan fingerprint density at radius 2 is 1.78 bits per heavy atom. The number of ether oxygens (including phenoxy) is 4. The van der Waals surface area contributed by atoms with Gasteiger partial charge in [0.25, 0.3) is 10.0 Å². The molecular weight excluding hydrogens is 646 g/mol. The predicted molar refractivity (Wildman–Crippen MR) is 186 cm³/mol. The zero-order chi connectivity index (χ0) is 34.9. The van der Waals surface area contributed by atoms with Crippen LogP contribution in [0.3, 0.4) is 0 Å². The molecule has 12 heteroatoms. The zero-order valence-corrected chi connectivity index (χ0v) is 28.9. The quantitative estimate of drug-likeness (QED) is 0.143. The molecule has 260 valence electrons. The number of sulfonamides is 1. The van der Waals surface area contributed by atoms with Crippen LogP contribution in [0.15, 0.2) is 71.6 Å². The molecule has 11 nitrogen and oxygen atoms in total. The third kappa shape index (κ3) is 10.5. The Labute approximate surface area is 288 Å². The second kappa shape index (κ2) is 16.2. The molecule has 3 aromatic rings. The highest BCUT2D eigenvalue weighted by atomic mass is 32.2. The molecule has 0 aromatic heterocycles. The van der Waals surface area contributed by atoms with E-state index in [2.05, 4.69) is 21.9 Å². The Kier molecular flexibility index (Phi) is 11.8. The minimum atomic E-state index is -3.81. The first-order chi connectivity index (χ1) is 23.5. The summed E-state index contributed by atoms with van der Waals surface area (Å²) in [5, 5.41) is 2.64. The molecule has 0 unspecified atom stereocenters. The van der Waals surface area contributed by atoms with Crippen molar-refractivity contribution >= 4 is 33.4 Å². The fourth-order valence-corrected chi connectivity index (χ4v) is 6.56. The van der Waals surface area contributed by atoms with E-state index in [1.807, 2.05) is 32.0 Å². The SMILES string of the molecule is CC(=O)Nc1ccc(NS(=O)(=O)c2cccc(C#CCCOCCCCCCN3C[C@@H](c4ccc5c(c4)COC(C)(C)O5)OC3=O)c2)cc1. The number of nitrogens with zero attached hydrogens (tertiary/aromatic N) is 1. The Morgan fingerprint density at radius 1 is 1.00 bits per heavy atom. The highest BCUT2D eigenvalue weighted by molar-refractivity contribution is 7.92. The van der Waals surface area contributed by atoms with Gasteiger partial charge in [0.1, 0.15) is 11.9 Å². The number of nitrogens with one attached hydrogen (secondary N) is 2. The van der Waals surface area contributed by atoms with Crippen LogP contribution < -0.4 is 14.8 Å². The number of unbranched alkanes of at least 4 members (excludes halogenated alkanes) is 3. The maximum atomic E-state index is 12.9. The second-order valence-corrected chi connectivity index (χ2v) is 14.1. The first-order valence-electron chi connectivity index (χ1n) is 16.5. The second-order valence-electron chi connectivity index (χ2n) is 12.4. The van der Waals surface area contributed by atoms with Gasteiger partial charge in [-0.2, -0.15) is 0 Å². The Hall–Kier alpha value is -4.57. The minimum Gasteiger partial charge on any atom is -0.463 e. The summed E-state index contributed by atoms with van der Waals surface area (Å²) < 4.78 is 51.3. The average Bonchev–Trinajstić information content (AvgIpc) is 3.43. The van der Waals surface area contributed by atoms with E-state index < -0.39 is 15.8 Å². The topological polar surface area (TPSA) is 133 Å². The van der Waals surface area contributed by atoms with Crippen LogP contribution in [-0.4, -0.2) is 57.4 Å². The summed E-state index contributed by atoms with van der Waals surface area (Å²) in [6, 6.07) is 18.7. The van der Waals surface area contributed by atoms with Crippen molar-refractivity contribution in [2.75, 3.05) is 36.3 Å². The molecule has 2 aliphatic heterocycles. The number of carbonyl (C=O) groups is 2. The molecule has 1 atom stereocenters. The van der Waals surface area contributed by atoms with E-state index in [1.165, 1.54) is 19.1 Å². The molecule has 2 heterocycles. The molecule has 0 radical (unpaired) electrons. The summed E-state index contributed by atoms with van der Waals surface area (Å²) in [6.07, 6.45) is 3.73. The van der Waals surface area contributed by atoms with Crippen LogP contribution in [0.1, 0.15) is 75.7 Å². The number of anilines is 2. The molecule has 0 bridgehead atoms. The molecule has 2 aliphatic rings. The van der Waals surface area contributed by atoms with Crippen LogP contribution in [0, 0.1) is 11.8 Å². The van der Waals surface area contributed by atoms with Gasteiger partial charge < -0.3 is 29.2 Å². The Morgan fingerprint density at radius 3 is 2.57 bits per heavy atom. The molecule has 1 saturated heterocycles. The Balaban J connectivity index is 0.947. The number of hydrogen-bond acceptors (Lipinski definition) is 8. The highest BCUT2D eigenvalue weighted by Gasteiger charge is 2.33. The van der Waals surface area contributed by atoms with Gasteiger partial charge >= 0.3 is 6.09 Å². The third-order valence-electron chi connectivity index (χ3n) is 7.95. The number of hydrogen-bond donors (Lipinski definition) is 2. The van der Waals surface area contributed by atoms with Gasteiger partial charge in [-0.25, -0.2) is 13.2 Å². The van der Waals surface area contributed by atoms with Crippen molar-refractivity contribution in [3.63, 3.8) is 0 Å². The lowest BCUT2D eigenvalue weighted by atomic mass is 10.0. The molecule has 2 amide bonds. The number of amides is 2. The van der Waals surface area contributed by atoms with Gasteiger partial charge in [0.15, 0.2) is 0 Å². The normalized spacial score (nSPS) is 16.5. The average molecular weight is 690 g/mol. The van der Waals surface area contributed by atoms with E-state index in [0.29, 0.717) is 56.3 Å². The summed E-state index contributed by atoms with van der Waals surface area (Å²) in [7, 11) is -3.81. The Bertz CT molecular complexity index is 1800. The number of cyclic esters (lactones) is 1. The highest BCUT2D eigenvalue weighted by Crippen LogP contribution is 2.35. The molecule has 49 heavy (non-hydrogen) atoms. The van der Waals surface area contributed by atoms with Crippen LogP contribution in [0.25, 0.3) is 0 Å². The fourth-order valence-electron chi connectivity index (χ4n) is 5.45. The maximum absolute atomic E-state index is 12.9. The lowest BCUT2D eigenvalue weighted by molar-refractivity contribution is -0.180. The maximum Gasteiger partial charge on any atom is 0.410 e. The van der Waals surface area contributed by atoms with Crippen molar-refractivity contribution in [1.82, 2.24) is 4.90 Å². The summed E-state index contributed by atoms with van der Waals surface area (Å²) >= 11 is 0. The van der Waals surface area contributed by atoms with Gasteiger partial charge in [0, 0.05) is 62.8 Å². The number of carbonyl (C=O) groups excluding carboxylic acids is 2. The van der Waals surface area contributed by atoms with Gasteiger partial charge in [0.2, 0.25) is 11.7 Å². The first-order valence-corrected chi connectivity index (χ1v) is 17.9. The number of benzene rings is 3. The molecule has 2 N–H and O–H groups in total. The van der Waals surface area contributed by atoms with Crippen LogP contribution in [0.2, 0.25) is 0 Å². The van der Waals surface area contributed by atoms with Gasteiger partial charge in [-0.3, -0.25) is 9.52 Å². The van der Waals surface area contributed by atoms with Crippen molar-refractivity contribution in [2.24, 2.45) is 0 Å². The predicted octanol–water partition coefficient (Wildman–Crippen LogP) is 6.60. The van der Waals surface area contributed by atoms with E-state index in [0.717, 1.165) is 42.6 Å². The van der Waals surface area contributed by atoms with Gasteiger partial charge in [0.05, 0.1) is 24.7 Å². The molecule has 0 saturated carbocycles. The number of rotatable bonds is 14. The summed E-state index contributed by atoms with van der Waals surface area (Å²) in [4.78, 5) is 25.5. The van der Waals surface area contributed by atoms with E-state index in [9.17, 15) is 18.0 Å². The van der Waals surface area contributed by atoms with Crippen LogP contribution in [0.5, 0.6) is 5.75 Å². The monoisotopic (exact) mass is 689 g/mol. The molecular formula is C37H43N3O8S.